The fourth-order valence-electron chi connectivity index (χ4n) is 3.80. The number of amides is 2. The molecule has 2 amide bonds. The quantitative estimate of drug-likeness (QED) is 0.674. The Labute approximate surface area is 179 Å². The minimum Gasteiger partial charge on any atom is -0.379 e. The van der Waals surface area contributed by atoms with Crippen molar-refractivity contribution in [2.75, 3.05) is 57.8 Å². The second-order valence-electron chi connectivity index (χ2n) is 8.02. The molecule has 0 spiro atoms. The van der Waals surface area contributed by atoms with Gasteiger partial charge in [-0.2, -0.15) is 13.2 Å². The Bertz CT molecular complexity index is 728. The highest BCUT2D eigenvalue weighted by molar-refractivity contribution is 5.92. The van der Waals surface area contributed by atoms with Crippen LogP contribution in [-0.4, -0.2) is 80.3 Å². The van der Waals surface area contributed by atoms with Crippen LogP contribution in [0.4, 0.5) is 18.9 Å². The topological polar surface area (TPSA) is 73.9 Å². The Morgan fingerprint density at radius 1 is 1.00 bits per heavy atom. The number of halogens is 3. The summed E-state index contributed by atoms with van der Waals surface area (Å²) in [5.74, 6) is -1.17. The first-order valence-electron chi connectivity index (χ1n) is 10.5. The Hall–Kier alpha value is -2.17. The van der Waals surface area contributed by atoms with Gasteiger partial charge in [-0.3, -0.25) is 19.4 Å². The number of hydrogen-bond acceptors (Lipinski definition) is 5. The van der Waals surface area contributed by atoms with Gasteiger partial charge in [0.1, 0.15) is 6.54 Å². The molecular formula is C21H29F3N4O3. The van der Waals surface area contributed by atoms with Crippen LogP contribution in [0.25, 0.3) is 0 Å². The van der Waals surface area contributed by atoms with Crippen molar-refractivity contribution in [2.45, 2.75) is 25.6 Å². The zero-order valence-electron chi connectivity index (χ0n) is 17.4. The van der Waals surface area contributed by atoms with Crippen molar-refractivity contribution in [3.8, 4) is 0 Å². The molecule has 10 heteroatoms. The van der Waals surface area contributed by atoms with Gasteiger partial charge < -0.3 is 15.4 Å². The van der Waals surface area contributed by atoms with Crippen LogP contribution in [-0.2, 0) is 20.9 Å². The highest BCUT2D eigenvalue weighted by Gasteiger charge is 2.31. The Balaban J connectivity index is 1.37. The molecule has 0 bridgehead atoms. The first kappa shape index (κ1) is 23.5. The third-order valence-electron chi connectivity index (χ3n) is 5.54. The summed E-state index contributed by atoms with van der Waals surface area (Å²) in [7, 11) is 0. The number of carbonyl (C=O) groups excluding carboxylic acids is 2. The molecule has 0 radical (unpaired) electrons. The normalized spacial score (nSPS) is 19.2. The van der Waals surface area contributed by atoms with Crippen molar-refractivity contribution in [1.82, 2.24) is 15.1 Å². The lowest BCUT2D eigenvalue weighted by Crippen LogP contribution is -2.44. The molecule has 2 heterocycles. The molecular weight excluding hydrogens is 413 g/mol. The molecule has 2 saturated heterocycles. The number of alkyl halides is 3. The highest BCUT2D eigenvalue weighted by atomic mass is 19.4. The van der Waals surface area contributed by atoms with E-state index in [4.69, 9.17) is 4.74 Å². The predicted molar refractivity (Wildman–Crippen MR) is 109 cm³/mol. The first-order chi connectivity index (χ1) is 14.8. The Morgan fingerprint density at radius 2 is 1.65 bits per heavy atom. The molecule has 3 rings (SSSR count). The van der Waals surface area contributed by atoms with Gasteiger partial charge in [0.15, 0.2) is 0 Å². The van der Waals surface area contributed by atoms with E-state index in [1.807, 2.05) is 34.5 Å². The molecule has 0 unspecified atom stereocenters. The molecule has 2 N–H and O–H groups in total. The van der Waals surface area contributed by atoms with Crippen molar-refractivity contribution >= 4 is 17.5 Å². The van der Waals surface area contributed by atoms with Gasteiger partial charge in [0, 0.05) is 31.2 Å². The summed E-state index contributed by atoms with van der Waals surface area (Å²) in [6, 6.07) is 7.75. The molecule has 0 aromatic heterocycles. The molecule has 2 fully saturated rings. The van der Waals surface area contributed by atoms with Crippen LogP contribution < -0.4 is 10.6 Å². The fraction of sp³-hybridized carbons (Fsp3) is 0.619. The van der Waals surface area contributed by atoms with E-state index >= 15 is 0 Å². The summed E-state index contributed by atoms with van der Waals surface area (Å²) in [6.45, 7) is 4.06. The molecule has 172 valence electrons. The maximum atomic E-state index is 12.3. The van der Waals surface area contributed by atoms with Gasteiger partial charge >= 0.3 is 6.18 Å². The zero-order chi connectivity index (χ0) is 22.3. The molecule has 31 heavy (non-hydrogen) atoms. The van der Waals surface area contributed by atoms with E-state index in [9.17, 15) is 22.8 Å². The van der Waals surface area contributed by atoms with E-state index in [0.717, 1.165) is 38.5 Å². The van der Waals surface area contributed by atoms with Crippen molar-refractivity contribution in [1.29, 1.82) is 0 Å². The predicted octanol–water partition coefficient (Wildman–Crippen LogP) is 1.85. The number of piperidine rings is 1. The summed E-state index contributed by atoms with van der Waals surface area (Å²) in [5, 5.41) is 4.81. The second kappa shape index (κ2) is 10.9. The monoisotopic (exact) mass is 442 g/mol. The van der Waals surface area contributed by atoms with Crippen LogP contribution in [0.2, 0.25) is 0 Å². The van der Waals surface area contributed by atoms with E-state index in [0.29, 0.717) is 25.9 Å². The van der Waals surface area contributed by atoms with Crippen LogP contribution in [0.3, 0.4) is 0 Å². The van der Waals surface area contributed by atoms with Crippen molar-refractivity contribution < 1.29 is 27.5 Å². The average molecular weight is 442 g/mol. The summed E-state index contributed by atoms with van der Waals surface area (Å²) < 4.78 is 42.0. The minimum absolute atomic E-state index is 0.152. The van der Waals surface area contributed by atoms with Gasteiger partial charge in [0.2, 0.25) is 11.8 Å². The number of ether oxygens (including phenoxy) is 1. The lowest BCUT2D eigenvalue weighted by Gasteiger charge is -2.30. The lowest BCUT2D eigenvalue weighted by molar-refractivity contribution is -0.141. The van der Waals surface area contributed by atoms with E-state index < -0.39 is 24.5 Å². The highest BCUT2D eigenvalue weighted by Crippen LogP contribution is 2.19. The van der Waals surface area contributed by atoms with E-state index in [-0.39, 0.29) is 12.5 Å². The standard InChI is InChI=1S/C21H29F3N4O3/c22-21(23,24)15-25-20(30)17-5-7-27(8-6-17)14-19(29)26-18-3-1-16(2-4-18)13-28-9-11-31-12-10-28/h1-4,17H,5-15H2,(H,25,30)(H,26,29). The van der Waals surface area contributed by atoms with Gasteiger partial charge in [-0.15, -0.1) is 0 Å². The number of hydrogen-bond donors (Lipinski definition) is 2. The SMILES string of the molecule is O=C(CN1CCC(C(=O)NCC(F)(F)F)CC1)Nc1ccc(CN2CCOCC2)cc1. The number of likely N-dealkylation sites (tertiary alicyclic amines) is 1. The molecule has 0 saturated carbocycles. The Kier molecular flexibility index (Phi) is 8.28. The largest absolute Gasteiger partial charge is 0.405 e. The number of morpholine rings is 1. The summed E-state index contributed by atoms with van der Waals surface area (Å²) >= 11 is 0. The van der Waals surface area contributed by atoms with Gasteiger partial charge in [-0.1, -0.05) is 12.1 Å². The maximum Gasteiger partial charge on any atom is 0.405 e. The van der Waals surface area contributed by atoms with Crippen LogP contribution in [0.15, 0.2) is 24.3 Å². The fourth-order valence-corrected chi connectivity index (χ4v) is 3.80. The van der Waals surface area contributed by atoms with E-state index in [2.05, 4.69) is 10.2 Å². The van der Waals surface area contributed by atoms with Crippen LogP contribution in [0.5, 0.6) is 0 Å². The van der Waals surface area contributed by atoms with Gasteiger partial charge in [-0.25, -0.2) is 0 Å². The average Bonchev–Trinajstić information content (AvgIpc) is 2.74. The molecule has 1 aromatic rings. The number of nitrogens with one attached hydrogen (secondary N) is 2. The van der Waals surface area contributed by atoms with Crippen molar-refractivity contribution in [3.63, 3.8) is 0 Å². The maximum absolute atomic E-state index is 12.3. The van der Waals surface area contributed by atoms with Gasteiger partial charge in [0.05, 0.1) is 19.8 Å². The number of benzene rings is 1. The summed E-state index contributed by atoms with van der Waals surface area (Å²) in [5.41, 5.74) is 1.89. The number of nitrogens with zero attached hydrogens (tertiary/aromatic N) is 2. The van der Waals surface area contributed by atoms with Crippen molar-refractivity contribution in [2.24, 2.45) is 5.92 Å². The van der Waals surface area contributed by atoms with Gasteiger partial charge in [0.25, 0.3) is 0 Å². The first-order valence-corrected chi connectivity index (χ1v) is 10.5. The number of rotatable bonds is 7. The molecule has 0 atom stereocenters. The Morgan fingerprint density at radius 3 is 2.26 bits per heavy atom. The third-order valence-corrected chi connectivity index (χ3v) is 5.54. The molecule has 2 aliphatic rings. The second-order valence-corrected chi connectivity index (χ2v) is 8.02. The third kappa shape index (κ3) is 8.12. The molecule has 2 aliphatic heterocycles. The lowest BCUT2D eigenvalue weighted by atomic mass is 9.96. The zero-order valence-corrected chi connectivity index (χ0v) is 17.4. The minimum atomic E-state index is -4.41. The molecule has 1 aromatic carbocycles. The molecule has 0 aliphatic carbocycles. The van der Waals surface area contributed by atoms with Crippen LogP contribution in [0.1, 0.15) is 18.4 Å². The van der Waals surface area contributed by atoms with E-state index in [1.165, 1.54) is 5.56 Å². The van der Waals surface area contributed by atoms with E-state index in [1.54, 1.807) is 0 Å². The number of anilines is 1. The van der Waals surface area contributed by atoms with Gasteiger partial charge in [-0.05, 0) is 43.6 Å². The number of carbonyl (C=O) groups is 2. The molecule has 7 nitrogen and oxygen atoms in total. The summed E-state index contributed by atoms with van der Waals surface area (Å²) in [6.07, 6.45) is -3.53. The van der Waals surface area contributed by atoms with Crippen molar-refractivity contribution in [3.05, 3.63) is 29.8 Å². The van der Waals surface area contributed by atoms with Crippen LogP contribution >= 0.6 is 0 Å². The smallest absolute Gasteiger partial charge is 0.379 e. The van der Waals surface area contributed by atoms with Crippen LogP contribution in [0, 0.1) is 5.92 Å². The summed E-state index contributed by atoms with van der Waals surface area (Å²) in [4.78, 5) is 28.4.